The van der Waals surface area contributed by atoms with Crippen molar-refractivity contribution in [3.63, 3.8) is 0 Å². The smallest absolute Gasteiger partial charge is 0.387 e. The number of hydrogen-bond donors (Lipinski definition) is 1. The molecular formula is C19H17F2NO7. The van der Waals surface area contributed by atoms with Crippen molar-refractivity contribution in [2.24, 2.45) is 0 Å². The summed E-state index contributed by atoms with van der Waals surface area (Å²) >= 11 is 0. The Bertz CT molecular complexity index is 919. The first-order chi connectivity index (χ1) is 13.9. The lowest BCUT2D eigenvalue weighted by molar-refractivity contribution is -0.123. The highest BCUT2D eigenvalue weighted by molar-refractivity contribution is 5.97. The van der Waals surface area contributed by atoms with Gasteiger partial charge in [0, 0.05) is 11.8 Å². The average molecular weight is 409 g/mol. The van der Waals surface area contributed by atoms with E-state index in [0.717, 1.165) is 6.07 Å². The number of hydrogen-bond acceptors (Lipinski definition) is 7. The Hall–Kier alpha value is -3.56. The number of amides is 1. The second-order valence-electron chi connectivity index (χ2n) is 5.85. The predicted octanol–water partition coefficient (Wildman–Crippen LogP) is 3.21. The maximum Gasteiger partial charge on any atom is 0.387 e. The summed E-state index contributed by atoms with van der Waals surface area (Å²) < 4.78 is 49.5. The number of carbonyl (C=O) groups is 2. The van der Waals surface area contributed by atoms with Crippen molar-refractivity contribution in [1.29, 1.82) is 0 Å². The number of anilines is 1. The molecule has 1 N–H and O–H groups in total. The standard InChI is InChI=1S/C19H17F2NO7/c1-10(17(23)22-12-4-6-13-16(8-12)27-9-26-13)28-18(24)11-3-5-14(29-19(20)21)15(7-11)25-2/h3-8,10,19H,9H2,1-2H3,(H,22,23)/t10-/m0/s1. The first kappa shape index (κ1) is 20.2. The minimum absolute atomic E-state index is 0.00574. The van der Waals surface area contributed by atoms with Crippen LogP contribution < -0.4 is 24.3 Å². The van der Waals surface area contributed by atoms with Gasteiger partial charge in [0.2, 0.25) is 6.79 Å². The summed E-state index contributed by atoms with van der Waals surface area (Å²) in [6.45, 7) is -1.54. The highest BCUT2D eigenvalue weighted by Gasteiger charge is 2.22. The van der Waals surface area contributed by atoms with Gasteiger partial charge in [-0.05, 0) is 37.3 Å². The molecule has 29 heavy (non-hydrogen) atoms. The van der Waals surface area contributed by atoms with Crippen LogP contribution in [0.3, 0.4) is 0 Å². The van der Waals surface area contributed by atoms with E-state index >= 15 is 0 Å². The Morgan fingerprint density at radius 1 is 1.07 bits per heavy atom. The van der Waals surface area contributed by atoms with Gasteiger partial charge < -0.3 is 29.0 Å². The van der Waals surface area contributed by atoms with Crippen molar-refractivity contribution in [1.82, 2.24) is 0 Å². The predicted molar refractivity (Wildman–Crippen MR) is 95.7 cm³/mol. The van der Waals surface area contributed by atoms with Crippen LogP contribution in [0.4, 0.5) is 14.5 Å². The van der Waals surface area contributed by atoms with Crippen LogP contribution in [0.5, 0.6) is 23.0 Å². The molecule has 10 heteroatoms. The molecule has 8 nitrogen and oxygen atoms in total. The molecule has 1 atom stereocenters. The fourth-order valence-corrected chi connectivity index (χ4v) is 2.49. The molecule has 2 aromatic carbocycles. The Morgan fingerprint density at radius 2 is 1.83 bits per heavy atom. The molecule has 0 radical (unpaired) electrons. The molecule has 1 aliphatic rings. The highest BCUT2D eigenvalue weighted by atomic mass is 19.3. The summed E-state index contributed by atoms with van der Waals surface area (Å²) in [6.07, 6.45) is -1.13. The van der Waals surface area contributed by atoms with Gasteiger partial charge in [-0.25, -0.2) is 4.79 Å². The second kappa shape index (κ2) is 8.63. The Labute approximate surface area is 164 Å². The fourth-order valence-electron chi connectivity index (χ4n) is 2.49. The summed E-state index contributed by atoms with van der Waals surface area (Å²) in [7, 11) is 1.24. The van der Waals surface area contributed by atoms with Crippen molar-refractivity contribution >= 4 is 17.6 Å². The van der Waals surface area contributed by atoms with Crippen molar-refractivity contribution in [2.75, 3.05) is 19.2 Å². The lowest BCUT2D eigenvalue weighted by Gasteiger charge is -2.15. The number of halogens is 2. The van der Waals surface area contributed by atoms with Gasteiger partial charge in [-0.1, -0.05) is 0 Å². The number of alkyl halides is 2. The van der Waals surface area contributed by atoms with Crippen LogP contribution in [-0.2, 0) is 9.53 Å². The largest absolute Gasteiger partial charge is 0.493 e. The number of fused-ring (bicyclic) bond motifs is 1. The monoisotopic (exact) mass is 409 g/mol. The Balaban J connectivity index is 1.63. The number of nitrogens with one attached hydrogen (secondary N) is 1. The molecule has 3 rings (SSSR count). The molecule has 0 saturated heterocycles. The van der Waals surface area contributed by atoms with Gasteiger partial charge in [-0.2, -0.15) is 8.78 Å². The van der Waals surface area contributed by atoms with Crippen molar-refractivity contribution in [3.05, 3.63) is 42.0 Å². The highest BCUT2D eigenvalue weighted by Crippen LogP contribution is 2.34. The lowest BCUT2D eigenvalue weighted by atomic mass is 10.2. The minimum Gasteiger partial charge on any atom is -0.493 e. The van der Waals surface area contributed by atoms with E-state index in [4.69, 9.17) is 18.9 Å². The van der Waals surface area contributed by atoms with Gasteiger partial charge in [0.05, 0.1) is 12.7 Å². The Kier molecular flexibility index (Phi) is 6.01. The van der Waals surface area contributed by atoms with Gasteiger partial charge in [0.25, 0.3) is 5.91 Å². The molecule has 0 unspecified atom stereocenters. The van der Waals surface area contributed by atoms with Gasteiger partial charge in [-0.3, -0.25) is 4.79 Å². The van der Waals surface area contributed by atoms with E-state index in [9.17, 15) is 18.4 Å². The zero-order chi connectivity index (χ0) is 21.0. The van der Waals surface area contributed by atoms with Crippen LogP contribution in [0.15, 0.2) is 36.4 Å². The molecule has 2 aromatic rings. The van der Waals surface area contributed by atoms with E-state index in [0.29, 0.717) is 17.2 Å². The van der Waals surface area contributed by atoms with Crippen molar-refractivity contribution < 1.29 is 42.1 Å². The average Bonchev–Trinajstić information content (AvgIpc) is 3.15. The third-order valence-electron chi connectivity index (χ3n) is 3.91. The summed E-state index contributed by atoms with van der Waals surface area (Å²) in [5.74, 6) is -0.645. The molecule has 0 bridgehead atoms. The fraction of sp³-hybridized carbons (Fsp3) is 0.263. The lowest BCUT2D eigenvalue weighted by Crippen LogP contribution is -2.30. The molecular weight excluding hydrogens is 392 g/mol. The number of methoxy groups -OCH3 is 1. The molecule has 1 amide bonds. The molecule has 0 fully saturated rings. The zero-order valence-electron chi connectivity index (χ0n) is 15.4. The van der Waals surface area contributed by atoms with E-state index in [1.807, 2.05) is 0 Å². The molecule has 1 aliphatic heterocycles. The number of carbonyl (C=O) groups excluding carboxylic acids is 2. The minimum atomic E-state index is -3.04. The first-order valence-electron chi connectivity index (χ1n) is 8.41. The van der Waals surface area contributed by atoms with E-state index in [1.165, 1.54) is 26.2 Å². The van der Waals surface area contributed by atoms with E-state index in [2.05, 4.69) is 10.1 Å². The quantitative estimate of drug-likeness (QED) is 0.702. The second-order valence-corrected chi connectivity index (χ2v) is 5.85. The van der Waals surface area contributed by atoms with Crippen molar-refractivity contribution in [3.8, 4) is 23.0 Å². The summed E-state index contributed by atoms with van der Waals surface area (Å²) in [4.78, 5) is 24.6. The van der Waals surface area contributed by atoms with Crippen LogP contribution in [0.2, 0.25) is 0 Å². The zero-order valence-corrected chi connectivity index (χ0v) is 15.4. The molecule has 0 aromatic heterocycles. The third kappa shape index (κ3) is 4.84. The normalized spacial score (nSPS) is 13.0. The van der Waals surface area contributed by atoms with Crippen LogP contribution >= 0.6 is 0 Å². The van der Waals surface area contributed by atoms with Crippen LogP contribution in [-0.4, -0.2) is 38.5 Å². The van der Waals surface area contributed by atoms with Crippen LogP contribution in [0.1, 0.15) is 17.3 Å². The molecule has 0 aliphatic carbocycles. The van der Waals surface area contributed by atoms with Gasteiger partial charge in [-0.15, -0.1) is 0 Å². The number of rotatable bonds is 7. The van der Waals surface area contributed by atoms with Crippen LogP contribution in [0.25, 0.3) is 0 Å². The van der Waals surface area contributed by atoms with Gasteiger partial charge in [0.1, 0.15) is 0 Å². The molecule has 0 saturated carbocycles. The maximum absolute atomic E-state index is 12.4. The Morgan fingerprint density at radius 3 is 2.55 bits per heavy atom. The third-order valence-corrected chi connectivity index (χ3v) is 3.91. The topological polar surface area (TPSA) is 92.3 Å². The number of ether oxygens (including phenoxy) is 5. The molecule has 0 spiro atoms. The SMILES string of the molecule is COc1cc(C(=O)O[C@@H](C)C(=O)Nc2ccc3c(c2)OCO3)ccc1OC(F)F. The summed E-state index contributed by atoms with van der Waals surface area (Å²) in [5, 5.41) is 2.60. The van der Waals surface area contributed by atoms with Crippen molar-refractivity contribution in [2.45, 2.75) is 19.6 Å². The number of benzene rings is 2. The van der Waals surface area contributed by atoms with E-state index < -0.39 is 24.6 Å². The molecule has 154 valence electrons. The number of esters is 1. The van der Waals surface area contributed by atoms with E-state index in [1.54, 1.807) is 18.2 Å². The summed E-state index contributed by atoms with van der Waals surface area (Å²) in [5.41, 5.74) is 0.448. The van der Waals surface area contributed by atoms with Gasteiger partial charge >= 0.3 is 12.6 Å². The first-order valence-corrected chi connectivity index (χ1v) is 8.41. The van der Waals surface area contributed by atoms with E-state index in [-0.39, 0.29) is 23.9 Å². The maximum atomic E-state index is 12.4. The van der Waals surface area contributed by atoms with Crippen LogP contribution in [0, 0.1) is 0 Å². The van der Waals surface area contributed by atoms with Gasteiger partial charge in [0.15, 0.2) is 29.1 Å². The molecule has 1 heterocycles. The summed E-state index contributed by atoms with van der Waals surface area (Å²) in [6, 6.07) is 8.41.